The molecule has 1 aromatic rings. The number of rotatable bonds is 3. The lowest BCUT2D eigenvalue weighted by Crippen LogP contribution is -2.48. The van der Waals surface area contributed by atoms with Crippen molar-refractivity contribution in [3.8, 4) is 0 Å². The summed E-state index contributed by atoms with van der Waals surface area (Å²) in [6, 6.07) is 1.70. The fraction of sp³-hybridized carbons (Fsp3) is 0.583. The quantitative estimate of drug-likeness (QED) is 0.814. The smallest absolute Gasteiger partial charge is 0.270 e. The molecular weight excluding hydrogens is 216 g/mol. The van der Waals surface area contributed by atoms with Crippen molar-refractivity contribution >= 4 is 11.6 Å². The van der Waals surface area contributed by atoms with Gasteiger partial charge in [-0.15, -0.1) is 0 Å². The van der Waals surface area contributed by atoms with Gasteiger partial charge in [-0.2, -0.15) is 0 Å². The Balaban J connectivity index is 1.90. The number of H-pyrrole nitrogens is 1. The molecule has 94 valence electrons. The zero-order chi connectivity index (χ0) is 12.3. The van der Waals surface area contributed by atoms with E-state index in [1.165, 1.54) is 6.42 Å². The Kier molecular flexibility index (Phi) is 3.68. The van der Waals surface area contributed by atoms with Crippen LogP contribution in [0.15, 0.2) is 12.3 Å². The summed E-state index contributed by atoms with van der Waals surface area (Å²) in [7, 11) is 0. The second-order valence-corrected chi connectivity index (χ2v) is 4.48. The van der Waals surface area contributed by atoms with E-state index < -0.39 is 0 Å². The number of aromatic nitrogens is 1. The minimum absolute atomic E-state index is 0.0536. The van der Waals surface area contributed by atoms with Crippen LogP contribution in [0, 0.1) is 0 Å². The minimum Gasteiger partial charge on any atom is -0.397 e. The van der Waals surface area contributed by atoms with E-state index in [9.17, 15) is 4.79 Å². The Morgan fingerprint density at radius 1 is 1.41 bits per heavy atom. The van der Waals surface area contributed by atoms with E-state index in [0.717, 1.165) is 32.7 Å². The number of nitrogen functional groups attached to an aromatic ring is 1. The highest BCUT2D eigenvalue weighted by molar-refractivity contribution is 5.93. The van der Waals surface area contributed by atoms with Crippen molar-refractivity contribution in [1.82, 2.24) is 14.8 Å². The van der Waals surface area contributed by atoms with Crippen LogP contribution in [0.3, 0.4) is 0 Å². The molecule has 0 atom stereocenters. The number of carbonyl (C=O) groups is 1. The van der Waals surface area contributed by atoms with Crippen molar-refractivity contribution in [1.29, 1.82) is 0 Å². The average molecular weight is 236 g/mol. The summed E-state index contributed by atoms with van der Waals surface area (Å²) in [5.41, 5.74) is 6.80. The van der Waals surface area contributed by atoms with Crippen LogP contribution in [0.4, 0.5) is 5.69 Å². The molecule has 1 fully saturated rings. The van der Waals surface area contributed by atoms with E-state index in [1.807, 2.05) is 4.90 Å². The molecule has 0 bridgehead atoms. The van der Waals surface area contributed by atoms with Crippen molar-refractivity contribution in [2.24, 2.45) is 0 Å². The zero-order valence-electron chi connectivity index (χ0n) is 10.3. The van der Waals surface area contributed by atoms with E-state index in [0.29, 0.717) is 11.4 Å². The van der Waals surface area contributed by atoms with Gasteiger partial charge in [0.15, 0.2) is 0 Å². The first kappa shape index (κ1) is 12.0. The van der Waals surface area contributed by atoms with Gasteiger partial charge in [0.2, 0.25) is 0 Å². The number of piperazine rings is 1. The highest BCUT2D eigenvalue weighted by atomic mass is 16.2. The summed E-state index contributed by atoms with van der Waals surface area (Å²) in [6.07, 6.45) is 2.82. The van der Waals surface area contributed by atoms with Crippen LogP contribution in [-0.4, -0.2) is 53.4 Å². The maximum absolute atomic E-state index is 12.1. The normalized spacial score (nSPS) is 17.4. The van der Waals surface area contributed by atoms with Crippen LogP contribution in [0.5, 0.6) is 0 Å². The van der Waals surface area contributed by atoms with Crippen molar-refractivity contribution in [2.75, 3.05) is 38.5 Å². The molecule has 3 N–H and O–H groups in total. The van der Waals surface area contributed by atoms with E-state index >= 15 is 0 Å². The van der Waals surface area contributed by atoms with Gasteiger partial charge >= 0.3 is 0 Å². The first-order chi connectivity index (χ1) is 8.20. The predicted octanol–water partition coefficient (Wildman–Crippen LogP) is 0.765. The Bertz CT molecular complexity index is 380. The maximum atomic E-state index is 12.1. The molecule has 1 aliphatic rings. The molecule has 0 aliphatic carbocycles. The first-order valence-electron chi connectivity index (χ1n) is 6.16. The van der Waals surface area contributed by atoms with Crippen molar-refractivity contribution in [3.05, 3.63) is 18.0 Å². The zero-order valence-corrected chi connectivity index (χ0v) is 10.3. The Morgan fingerprint density at radius 3 is 2.65 bits per heavy atom. The summed E-state index contributed by atoms with van der Waals surface area (Å²) >= 11 is 0. The van der Waals surface area contributed by atoms with Crippen molar-refractivity contribution in [2.45, 2.75) is 13.3 Å². The van der Waals surface area contributed by atoms with E-state index in [2.05, 4.69) is 16.8 Å². The van der Waals surface area contributed by atoms with Gasteiger partial charge in [-0.05, 0) is 19.0 Å². The lowest BCUT2D eigenvalue weighted by Gasteiger charge is -2.34. The largest absolute Gasteiger partial charge is 0.397 e. The van der Waals surface area contributed by atoms with Crippen LogP contribution in [0.2, 0.25) is 0 Å². The summed E-state index contributed by atoms with van der Waals surface area (Å²) in [4.78, 5) is 19.3. The summed E-state index contributed by atoms with van der Waals surface area (Å²) < 4.78 is 0. The van der Waals surface area contributed by atoms with Gasteiger partial charge in [-0.25, -0.2) is 0 Å². The Labute approximate surface area is 102 Å². The molecule has 0 saturated carbocycles. The van der Waals surface area contributed by atoms with Gasteiger partial charge in [-0.3, -0.25) is 9.69 Å². The van der Waals surface area contributed by atoms with Gasteiger partial charge in [0.25, 0.3) is 5.91 Å². The topological polar surface area (TPSA) is 65.4 Å². The molecule has 1 amide bonds. The number of anilines is 1. The molecule has 1 saturated heterocycles. The number of aromatic amines is 1. The van der Waals surface area contributed by atoms with E-state index in [1.54, 1.807) is 12.3 Å². The number of carbonyl (C=O) groups excluding carboxylic acids is 1. The third-order valence-electron chi connectivity index (χ3n) is 3.14. The number of nitrogens with two attached hydrogens (primary N) is 1. The van der Waals surface area contributed by atoms with Crippen LogP contribution in [-0.2, 0) is 0 Å². The summed E-state index contributed by atoms with van der Waals surface area (Å²) in [5, 5.41) is 0. The fourth-order valence-electron chi connectivity index (χ4n) is 2.20. The molecule has 1 aromatic heterocycles. The third-order valence-corrected chi connectivity index (χ3v) is 3.14. The van der Waals surface area contributed by atoms with Gasteiger partial charge < -0.3 is 15.6 Å². The molecule has 0 spiro atoms. The number of hydrogen-bond donors (Lipinski definition) is 2. The first-order valence-corrected chi connectivity index (χ1v) is 6.16. The predicted molar refractivity (Wildman–Crippen MR) is 67.8 cm³/mol. The lowest BCUT2D eigenvalue weighted by molar-refractivity contribution is 0.0632. The molecule has 2 heterocycles. The Hall–Kier alpha value is -1.49. The minimum atomic E-state index is 0.0536. The lowest BCUT2D eigenvalue weighted by atomic mass is 10.2. The van der Waals surface area contributed by atoms with Crippen LogP contribution in [0.1, 0.15) is 23.8 Å². The second kappa shape index (κ2) is 5.23. The monoisotopic (exact) mass is 236 g/mol. The molecule has 17 heavy (non-hydrogen) atoms. The average Bonchev–Trinajstić information content (AvgIpc) is 2.76. The molecule has 5 nitrogen and oxygen atoms in total. The number of amides is 1. The highest BCUT2D eigenvalue weighted by Crippen LogP contribution is 2.10. The number of hydrogen-bond acceptors (Lipinski definition) is 3. The molecular formula is C12H20N4O. The Morgan fingerprint density at radius 2 is 2.12 bits per heavy atom. The molecule has 0 unspecified atom stereocenters. The van der Waals surface area contributed by atoms with Gasteiger partial charge in [0, 0.05) is 38.1 Å². The third kappa shape index (κ3) is 2.79. The molecule has 0 radical (unpaired) electrons. The number of nitrogens with zero attached hydrogens (tertiary/aromatic N) is 2. The van der Waals surface area contributed by atoms with E-state index in [-0.39, 0.29) is 5.91 Å². The fourth-order valence-corrected chi connectivity index (χ4v) is 2.20. The SMILES string of the molecule is CCCN1CCN(C(=O)c2cc(N)c[nH]2)CC1. The van der Waals surface area contributed by atoms with Gasteiger partial charge in [0.05, 0.1) is 0 Å². The van der Waals surface area contributed by atoms with Crippen LogP contribution < -0.4 is 5.73 Å². The van der Waals surface area contributed by atoms with Crippen LogP contribution >= 0.6 is 0 Å². The second-order valence-electron chi connectivity index (χ2n) is 4.48. The van der Waals surface area contributed by atoms with Crippen molar-refractivity contribution in [3.63, 3.8) is 0 Å². The highest BCUT2D eigenvalue weighted by Gasteiger charge is 2.22. The van der Waals surface area contributed by atoms with Crippen LogP contribution in [0.25, 0.3) is 0 Å². The summed E-state index contributed by atoms with van der Waals surface area (Å²) in [5.74, 6) is 0.0536. The number of nitrogens with one attached hydrogen (secondary N) is 1. The van der Waals surface area contributed by atoms with Gasteiger partial charge in [-0.1, -0.05) is 6.92 Å². The maximum Gasteiger partial charge on any atom is 0.270 e. The molecule has 0 aromatic carbocycles. The van der Waals surface area contributed by atoms with Crippen molar-refractivity contribution < 1.29 is 4.79 Å². The molecule has 5 heteroatoms. The molecule has 2 rings (SSSR count). The van der Waals surface area contributed by atoms with Gasteiger partial charge in [0.1, 0.15) is 5.69 Å². The van der Waals surface area contributed by atoms with E-state index in [4.69, 9.17) is 5.73 Å². The summed E-state index contributed by atoms with van der Waals surface area (Å²) in [6.45, 7) is 6.85. The molecule has 1 aliphatic heterocycles. The standard InChI is InChI=1S/C12H20N4O/c1-2-3-15-4-6-16(7-5-15)12(17)11-8-10(13)9-14-11/h8-9,14H,2-7,13H2,1H3.